The molecule has 2 fully saturated rings. The highest BCUT2D eigenvalue weighted by atomic mass is 16.6. The third kappa shape index (κ3) is 5.01. The average molecular weight is 268 g/mol. The van der Waals surface area contributed by atoms with E-state index in [0.29, 0.717) is 6.04 Å². The maximum atomic E-state index is 12.2. The maximum absolute atomic E-state index is 12.2. The molecule has 1 N–H and O–H groups in total. The minimum atomic E-state index is -0.390. The number of hydrogen-bond donors (Lipinski definition) is 1. The van der Waals surface area contributed by atoms with Gasteiger partial charge in [0, 0.05) is 12.6 Å². The molecule has 1 aliphatic heterocycles. The van der Waals surface area contributed by atoms with Crippen molar-refractivity contribution in [2.75, 3.05) is 19.6 Å². The van der Waals surface area contributed by atoms with Gasteiger partial charge in [-0.3, -0.25) is 0 Å². The van der Waals surface area contributed by atoms with Gasteiger partial charge in [0.1, 0.15) is 5.60 Å². The van der Waals surface area contributed by atoms with E-state index in [1.807, 2.05) is 25.7 Å². The number of amides is 1. The Balaban J connectivity index is 1.80. The summed E-state index contributed by atoms with van der Waals surface area (Å²) in [5.74, 6) is 0.768. The predicted molar refractivity (Wildman–Crippen MR) is 76.2 cm³/mol. The van der Waals surface area contributed by atoms with Gasteiger partial charge in [-0.25, -0.2) is 4.79 Å². The van der Waals surface area contributed by atoms with E-state index in [4.69, 9.17) is 4.74 Å². The van der Waals surface area contributed by atoms with E-state index >= 15 is 0 Å². The molecule has 0 bridgehead atoms. The Morgan fingerprint density at radius 3 is 2.37 bits per heavy atom. The fourth-order valence-corrected chi connectivity index (χ4v) is 2.62. The minimum absolute atomic E-state index is 0.121. The lowest BCUT2D eigenvalue weighted by atomic mass is 9.94. The fraction of sp³-hybridized carbons (Fsp3) is 0.933. The van der Waals surface area contributed by atoms with Gasteiger partial charge < -0.3 is 15.0 Å². The fourth-order valence-electron chi connectivity index (χ4n) is 2.62. The second-order valence-corrected chi connectivity index (χ2v) is 6.89. The van der Waals surface area contributed by atoms with E-state index in [2.05, 4.69) is 5.32 Å². The zero-order valence-electron chi connectivity index (χ0n) is 12.6. The van der Waals surface area contributed by atoms with Crippen molar-refractivity contribution in [3.63, 3.8) is 0 Å². The maximum Gasteiger partial charge on any atom is 0.410 e. The smallest absolute Gasteiger partial charge is 0.410 e. The Kier molecular flexibility index (Phi) is 4.71. The molecule has 1 amide bonds. The van der Waals surface area contributed by atoms with E-state index < -0.39 is 0 Å². The monoisotopic (exact) mass is 268 g/mol. The summed E-state index contributed by atoms with van der Waals surface area (Å²) in [6.07, 6.45) is 5.78. The first kappa shape index (κ1) is 14.6. The lowest BCUT2D eigenvalue weighted by molar-refractivity contribution is 0.0221. The Morgan fingerprint density at radius 1 is 1.21 bits per heavy atom. The lowest BCUT2D eigenvalue weighted by Crippen LogP contribution is -2.40. The molecule has 0 radical (unpaired) electrons. The first-order valence-electron chi connectivity index (χ1n) is 7.66. The van der Waals surface area contributed by atoms with E-state index in [1.165, 1.54) is 12.8 Å². The standard InChI is InChI=1S/C15H28N2O2/c1-15(2,3)19-14(18)17(13-4-5-13)11-8-12-6-9-16-10-7-12/h12-13,16H,4-11H2,1-3H3. The molecular formula is C15H28N2O2. The number of nitrogens with zero attached hydrogens (tertiary/aromatic N) is 1. The Bertz CT molecular complexity index is 302. The SMILES string of the molecule is CC(C)(C)OC(=O)N(CCC1CCNCC1)C1CC1. The van der Waals surface area contributed by atoms with Crippen molar-refractivity contribution in [1.29, 1.82) is 0 Å². The van der Waals surface area contributed by atoms with E-state index in [1.54, 1.807) is 0 Å². The van der Waals surface area contributed by atoms with Gasteiger partial charge in [0.15, 0.2) is 0 Å². The number of rotatable bonds is 4. The van der Waals surface area contributed by atoms with Crippen LogP contribution in [0.25, 0.3) is 0 Å². The van der Waals surface area contributed by atoms with E-state index in [9.17, 15) is 4.79 Å². The third-order valence-corrected chi connectivity index (χ3v) is 3.85. The van der Waals surface area contributed by atoms with Crippen LogP contribution in [0.1, 0.15) is 52.9 Å². The van der Waals surface area contributed by atoms with E-state index in [-0.39, 0.29) is 11.7 Å². The number of ether oxygens (including phenoxy) is 1. The summed E-state index contributed by atoms with van der Waals surface area (Å²) in [7, 11) is 0. The molecule has 0 atom stereocenters. The molecule has 1 saturated carbocycles. The van der Waals surface area contributed by atoms with Crippen LogP contribution in [-0.4, -0.2) is 42.3 Å². The van der Waals surface area contributed by atoms with Crippen molar-refractivity contribution in [3.05, 3.63) is 0 Å². The zero-order chi connectivity index (χ0) is 13.9. The van der Waals surface area contributed by atoms with Gasteiger partial charge in [-0.1, -0.05) is 0 Å². The van der Waals surface area contributed by atoms with E-state index in [0.717, 1.165) is 44.8 Å². The van der Waals surface area contributed by atoms with Crippen LogP contribution in [0, 0.1) is 5.92 Å². The summed E-state index contributed by atoms with van der Waals surface area (Å²) in [6, 6.07) is 0.441. The molecule has 4 heteroatoms. The van der Waals surface area contributed by atoms with Gasteiger partial charge in [-0.2, -0.15) is 0 Å². The van der Waals surface area contributed by atoms with Gasteiger partial charge in [0.25, 0.3) is 0 Å². The molecule has 110 valence electrons. The molecule has 1 heterocycles. The Morgan fingerprint density at radius 2 is 1.84 bits per heavy atom. The topological polar surface area (TPSA) is 41.6 Å². The molecule has 0 aromatic rings. The molecular weight excluding hydrogens is 240 g/mol. The molecule has 1 aliphatic carbocycles. The van der Waals surface area contributed by atoms with Crippen LogP contribution in [-0.2, 0) is 4.74 Å². The molecule has 0 unspecified atom stereocenters. The Hall–Kier alpha value is -0.770. The largest absolute Gasteiger partial charge is 0.444 e. The molecule has 2 aliphatic rings. The number of carbonyl (C=O) groups is 1. The van der Waals surface area contributed by atoms with Crippen LogP contribution in [0.5, 0.6) is 0 Å². The summed E-state index contributed by atoms with van der Waals surface area (Å²) in [5.41, 5.74) is -0.390. The molecule has 0 aromatic heterocycles. The van der Waals surface area contributed by atoms with Crippen LogP contribution in [0.4, 0.5) is 4.79 Å². The Labute approximate surface area is 116 Å². The first-order chi connectivity index (χ1) is 8.96. The van der Waals surface area contributed by atoms with Gasteiger partial charge in [0.05, 0.1) is 0 Å². The number of nitrogens with one attached hydrogen (secondary N) is 1. The molecule has 1 saturated heterocycles. The van der Waals surface area contributed by atoms with Crippen molar-refractivity contribution in [2.24, 2.45) is 5.92 Å². The highest BCUT2D eigenvalue weighted by molar-refractivity contribution is 5.69. The molecule has 4 nitrogen and oxygen atoms in total. The number of carbonyl (C=O) groups excluding carboxylic acids is 1. The second-order valence-electron chi connectivity index (χ2n) is 6.89. The summed E-state index contributed by atoms with van der Waals surface area (Å²) in [6.45, 7) is 8.92. The second kappa shape index (κ2) is 6.12. The average Bonchev–Trinajstić information content (AvgIpc) is 3.13. The van der Waals surface area contributed by atoms with Crippen LogP contribution >= 0.6 is 0 Å². The van der Waals surface area contributed by atoms with Crippen LogP contribution < -0.4 is 5.32 Å². The van der Waals surface area contributed by atoms with Gasteiger partial charge >= 0.3 is 6.09 Å². The summed E-state index contributed by atoms with van der Waals surface area (Å²) in [4.78, 5) is 14.2. The van der Waals surface area contributed by atoms with Gasteiger partial charge in [-0.05, 0) is 71.9 Å². The molecule has 19 heavy (non-hydrogen) atoms. The van der Waals surface area contributed by atoms with Crippen molar-refractivity contribution in [2.45, 2.75) is 64.5 Å². The van der Waals surface area contributed by atoms with Crippen LogP contribution in [0.15, 0.2) is 0 Å². The van der Waals surface area contributed by atoms with Gasteiger partial charge in [-0.15, -0.1) is 0 Å². The highest BCUT2D eigenvalue weighted by Crippen LogP contribution is 2.29. The summed E-state index contributed by atoms with van der Waals surface area (Å²) < 4.78 is 5.52. The number of hydrogen-bond acceptors (Lipinski definition) is 3. The summed E-state index contributed by atoms with van der Waals surface area (Å²) in [5, 5.41) is 3.39. The summed E-state index contributed by atoms with van der Waals surface area (Å²) >= 11 is 0. The van der Waals surface area contributed by atoms with Gasteiger partial charge in [0.2, 0.25) is 0 Å². The predicted octanol–water partition coefficient (Wildman–Crippen LogP) is 2.78. The first-order valence-corrected chi connectivity index (χ1v) is 7.66. The zero-order valence-corrected chi connectivity index (χ0v) is 12.6. The molecule has 0 spiro atoms. The molecule has 2 rings (SSSR count). The highest BCUT2D eigenvalue weighted by Gasteiger charge is 2.35. The molecule has 0 aromatic carbocycles. The lowest BCUT2D eigenvalue weighted by Gasteiger charge is -2.29. The minimum Gasteiger partial charge on any atom is -0.444 e. The van der Waals surface area contributed by atoms with Crippen molar-refractivity contribution >= 4 is 6.09 Å². The van der Waals surface area contributed by atoms with Crippen molar-refractivity contribution in [1.82, 2.24) is 10.2 Å². The quantitative estimate of drug-likeness (QED) is 0.852. The van der Waals surface area contributed by atoms with Crippen LogP contribution in [0.3, 0.4) is 0 Å². The van der Waals surface area contributed by atoms with Crippen molar-refractivity contribution in [3.8, 4) is 0 Å². The van der Waals surface area contributed by atoms with Crippen molar-refractivity contribution < 1.29 is 9.53 Å². The normalized spacial score (nSPS) is 21.2. The van der Waals surface area contributed by atoms with Crippen LogP contribution in [0.2, 0.25) is 0 Å². The number of piperidine rings is 1. The third-order valence-electron chi connectivity index (χ3n) is 3.85.